The molecule has 2 N–H and O–H groups in total. The van der Waals surface area contributed by atoms with E-state index in [4.69, 9.17) is 5.73 Å². The molecule has 1 atom stereocenters. The van der Waals surface area contributed by atoms with E-state index in [0.29, 0.717) is 18.0 Å². The smallest absolute Gasteiger partial charge is 0.217 e. The molecule has 1 heterocycles. The van der Waals surface area contributed by atoms with Crippen LogP contribution in [0.4, 0.5) is 0 Å². The van der Waals surface area contributed by atoms with Gasteiger partial charge in [0.05, 0.1) is 5.25 Å². The average molecular weight is 358 g/mol. The number of nitrogens with two attached hydrogens (primary N) is 1. The molecule has 1 fully saturated rings. The van der Waals surface area contributed by atoms with Crippen LogP contribution in [0, 0.1) is 6.92 Å². The van der Waals surface area contributed by atoms with Crippen LogP contribution in [0.3, 0.4) is 0 Å². The molecular weight excluding hydrogens is 336 g/mol. The number of hydrogen-bond acceptors (Lipinski definition) is 5. The number of thioether (sulfide) groups is 1. The third kappa shape index (κ3) is 4.28. The van der Waals surface area contributed by atoms with E-state index in [-0.39, 0.29) is 23.4 Å². The molecule has 1 unspecified atom stereocenters. The van der Waals surface area contributed by atoms with Crippen LogP contribution < -0.4 is 5.73 Å². The highest BCUT2D eigenvalue weighted by Gasteiger charge is 2.31. The van der Waals surface area contributed by atoms with Gasteiger partial charge in [-0.3, -0.25) is 9.59 Å². The molecule has 2 aromatic rings. The van der Waals surface area contributed by atoms with Crippen molar-refractivity contribution in [1.82, 2.24) is 14.8 Å². The summed E-state index contributed by atoms with van der Waals surface area (Å²) in [6.45, 7) is 3.89. The van der Waals surface area contributed by atoms with Crippen molar-refractivity contribution in [3.8, 4) is 0 Å². The molecule has 0 radical (unpaired) electrons. The molecule has 7 heteroatoms. The standard InChI is InChI=1S/C18H22N4O2S/c1-11-3-5-13(6-4-11)17(24)12(2)25-18-21-20-16(10-9-15(19)23)22(18)14-7-8-14/h3-6,12,14H,7-10H2,1-2H3,(H2,19,23). The van der Waals surface area contributed by atoms with Crippen molar-refractivity contribution in [2.75, 3.05) is 0 Å². The lowest BCUT2D eigenvalue weighted by molar-refractivity contribution is -0.118. The number of primary amides is 1. The minimum absolute atomic E-state index is 0.0778. The Kier molecular flexibility index (Phi) is 5.22. The van der Waals surface area contributed by atoms with Crippen LogP contribution in [0.5, 0.6) is 0 Å². The molecule has 1 aromatic heterocycles. The van der Waals surface area contributed by atoms with Gasteiger partial charge >= 0.3 is 0 Å². The summed E-state index contributed by atoms with van der Waals surface area (Å²) in [6.07, 6.45) is 2.90. The van der Waals surface area contributed by atoms with E-state index in [2.05, 4.69) is 14.8 Å². The van der Waals surface area contributed by atoms with Crippen LogP contribution in [0.2, 0.25) is 0 Å². The lowest BCUT2D eigenvalue weighted by atomic mass is 10.1. The highest BCUT2D eigenvalue weighted by molar-refractivity contribution is 8.00. The maximum absolute atomic E-state index is 12.6. The van der Waals surface area contributed by atoms with Crippen LogP contribution >= 0.6 is 11.8 Å². The first-order chi connectivity index (χ1) is 12.0. The fourth-order valence-corrected chi connectivity index (χ4v) is 3.67. The molecule has 25 heavy (non-hydrogen) atoms. The molecule has 0 spiro atoms. The van der Waals surface area contributed by atoms with Gasteiger partial charge in [-0.15, -0.1) is 10.2 Å². The van der Waals surface area contributed by atoms with Crippen molar-refractivity contribution in [1.29, 1.82) is 0 Å². The van der Waals surface area contributed by atoms with Crippen LogP contribution in [0.15, 0.2) is 29.4 Å². The fraction of sp³-hybridized carbons (Fsp3) is 0.444. The summed E-state index contributed by atoms with van der Waals surface area (Å²) in [7, 11) is 0. The second-order valence-corrected chi connectivity index (χ2v) is 7.76. The van der Waals surface area contributed by atoms with Gasteiger partial charge in [-0.25, -0.2) is 0 Å². The normalized spacial score (nSPS) is 15.1. The SMILES string of the molecule is Cc1ccc(C(=O)C(C)Sc2nnc(CCC(N)=O)n2C2CC2)cc1. The molecule has 0 saturated heterocycles. The number of hydrogen-bond donors (Lipinski definition) is 1. The van der Waals surface area contributed by atoms with Crippen molar-refractivity contribution in [2.24, 2.45) is 5.73 Å². The number of aryl methyl sites for hydroxylation is 2. The van der Waals surface area contributed by atoms with E-state index < -0.39 is 0 Å². The van der Waals surface area contributed by atoms with E-state index in [1.165, 1.54) is 11.8 Å². The number of carbonyl (C=O) groups is 2. The van der Waals surface area contributed by atoms with Gasteiger partial charge in [-0.2, -0.15) is 0 Å². The molecule has 1 aliphatic carbocycles. The lowest BCUT2D eigenvalue weighted by Crippen LogP contribution is -2.16. The van der Waals surface area contributed by atoms with Crippen LogP contribution in [-0.2, 0) is 11.2 Å². The van der Waals surface area contributed by atoms with Crippen LogP contribution in [0.1, 0.15) is 54.0 Å². The number of carbonyl (C=O) groups excluding carboxylic acids is 2. The Morgan fingerprint density at radius 3 is 2.56 bits per heavy atom. The van der Waals surface area contributed by atoms with Crippen LogP contribution in [0.25, 0.3) is 0 Å². The van der Waals surface area contributed by atoms with Gasteiger partial charge in [0, 0.05) is 24.4 Å². The number of aromatic nitrogens is 3. The Labute approximate surface area is 151 Å². The number of Topliss-reactive ketones (excluding diaryl/α,β-unsaturated/α-hetero) is 1. The minimum atomic E-state index is -0.345. The summed E-state index contributed by atoms with van der Waals surface area (Å²) in [6, 6.07) is 7.98. The zero-order chi connectivity index (χ0) is 18.0. The largest absolute Gasteiger partial charge is 0.370 e. The fourth-order valence-electron chi connectivity index (χ4n) is 2.66. The lowest BCUT2D eigenvalue weighted by Gasteiger charge is -2.12. The molecule has 3 rings (SSSR count). The summed E-state index contributed by atoms with van der Waals surface area (Å²) < 4.78 is 2.08. The van der Waals surface area contributed by atoms with Crippen molar-refractivity contribution in [2.45, 2.75) is 56.0 Å². The maximum Gasteiger partial charge on any atom is 0.217 e. The molecule has 1 saturated carbocycles. The summed E-state index contributed by atoms with van der Waals surface area (Å²) in [4.78, 5) is 23.7. The molecular formula is C18H22N4O2S. The van der Waals surface area contributed by atoms with Crippen LogP contribution in [-0.4, -0.2) is 31.7 Å². The Morgan fingerprint density at radius 1 is 1.28 bits per heavy atom. The molecule has 1 aromatic carbocycles. The van der Waals surface area contributed by atoms with E-state index in [1.807, 2.05) is 38.1 Å². The second-order valence-electron chi connectivity index (χ2n) is 6.46. The monoisotopic (exact) mass is 358 g/mol. The first-order valence-electron chi connectivity index (χ1n) is 8.45. The van der Waals surface area contributed by atoms with Crippen molar-refractivity contribution in [3.05, 3.63) is 41.2 Å². The van der Waals surface area contributed by atoms with Crippen molar-refractivity contribution in [3.63, 3.8) is 0 Å². The second kappa shape index (κ2) is 7.39. The summed E-state index contributed by atoms with van der Waals surface area (Å²) in [5, 5.41) is 8.97. The van der Waals surface area contributed by atoms with Crippen molar-refractivity contribution >= 4 is 23.5 Å². The Balaban J connectivity index is 1.74. The van der Waals surface area contributed by atoms with E-state index >= 15 is 0 Å². The zero-order valence-electron chi connectivity index (χ0n) is 14.4. The van der Waals surface area contributed by atoms with Gasteiger partial charge in [0.2, 0.25) is 5.91 Å². The van der Waals surface area contributed by atoms with Gasteiger partial charge in [0.25, 0.3) is 0 Å². The van der Waals surface area contributed by atoms with Gasteiger partial charge in [0.1, 0.15) is 5.82 Å². The predicted octanol–water partition coefficient (Wildman–Crippen LogP) is 2.70. The molecule has 0 bridgehead atoms. The van der Waals surface area contributed by atoms with Gasteiger partial charge < -0.3 is 10.3 Å². The van der Waals surface area contributed by atoms with Gasteiger partial charge in [-0.05, 0) is 26.7 Å². The number of benzene rings is 1. The Hall–Kier alpha value is -2.15. The quantitative estimate of drug-likeness (QED) is 0.579. The number of nitrogens with zero attached hydrogens (tertiary/aromatic N) is 3. The predicted molar refractivity (Wildman–Crippen MR) is 96.6 cm³/mol. The maximum atomic E-state index is 12.6. The van der Waals surface area contributed by atoms with Gasteiger partial charge in [-0.1, -0.05) is 41.6 Å². The summed E-state index contributed by atoms with van der Waals surface area (Å²) in [5.74, 6) is 0.510. The number of amides is 1. The zero-order valence-corrected chi connectivity index (χ0v) is 15.3. The number of rotatable bonds is 8. The third-order valence-corrected chi connectivity index (χ3v) is 5.29. The number of ketones is 1. The van der Waals surface area contributed by atoms with E-state index in [1.54, 1.807) is 0 Å². The molecule has 1 amide bonds. The third-order valence-electron chi connectivity index (χ3n) is 4.23. The first kappa shape index (κ1) is 17.7. The van der Waals surface area contributed by atoms with Gasteiger partial charge in [0.15, 0.2) is 10.9 Å². The van der Waals surface area contributed by atoms with E-state index in [0.717, 1.165) is 29.4 Å². The Bertz CT molecular complexity index is 781. The molecule has 132 valence electrons. The first-order valence-corrected chi connectivity index (χ1v) is 9.33. The highest BCUT2D eigenvalue weighted by atomic mass is 32.2. The molecule has 1 aliphatic rings. The highest BCUT2D eigenvalue weighted by Crippen LogP contribution is 2.40. The Morgan fingerprint density at radius 2 is 1.96 bits per heavy atom. The van der Waals surface area contributed by atoms with Crippen molar-refractivity contribution < 1.29 is 9.59 Å². The van der Waals surface area contributed by atoms with E-state index in [9.17, 15) is 9.59 Å². The topological polar surface area (TPSA) is 90.9 Å². The summed E-state index contributed by atoms with van der Waals surface area (Å²) >= 11 is 1.42. The molecule has 6 nitrogen and oxygen atoms in total. The minimum Gasteiger partial charge on any atom is -0.370 e. The summed E-state index contributed by atoms with van der Waals surface area (Å²) in [5.41, 5.74) is 7.07. The average Bonchev–Trinajstić information content (AvgIpc) is 3.34. The molecule has 0 aliphatic heterocycles.